The minimum absolute atomic E-state index is 0.0488. The summed E-state index contributed by atoms with van der Waals surface area (Å²) in [4.78, 5) is 57.0. The Kier molecular flexibility index (Phi) is 9.49. The van der Waals surface area contributed by atoms with Crippen molar-refractivity contribution in [1.29, 1.82) is 5.41 Å². The van der Waals surface area contributed by atoms with Gasteiger partial charge in [0, 0.05) is 22.9 Å². The minimum Gasteiger partial charge on any atom is -0.490 e. The number of hydrogen-bond acceptors (Lipinski definition) is 9. The molecule has 1 heterocycles. The van der Waals surface area contributed by atoms with Crippen molar-refractivity contribution in [1.82, 2.24) is 10.2 Å². The quantitative estimate of drug-likeness (QED) is 0.0946. The highest BCUT2D eigenvalue weighted by Gasteiger charge is 2.50. The number of hydroxylamine groups is 1. The third-order valence-electron chi connectivity index (χ3n) is 6.33. The van der Waals surface area contributed by atoms with Gasteiger partial charge >= 0.3 is 18.1 Å². The highest BCUT2D eigenvalue weighted by atomic mass is 19.4. The fourth-order valence-corrected chi connectivity index (χ4v) is 4.34. The maximum atomic E-state index is 15.8. The van der Waals surface area contributed by atoms with Crippen molar-refractivity contribution in [2.75, 3.05) is 11.9 Å². The lowest BCUT2D eigenvalue weighted by Gasteiger charge is -2.31. The molecule has 4 N–H and O–H groups in total. The number of alkyl halides is 3. The number of amides is 3. The van der Waals surface area contributed by atoms with Crippen LogP contribution in [-0.2, 0) is 14.4 Å². The topological polar surface area (TPSA) is 164 Å². The maximum absolute atomic E-state index is 15.8. The van der Waals surface area contributed by atoms with Crippen LogP contribution in [0.5, 0.6) is 11.5 Å². The van der Waals surface area contributed by atoms with Crippen LogP contribution in [0.25, 0.3) is 0 Å². The first kappa shape index (κ1) is 33.2. The number of nitrogen functional groups attached to an aromatic ring is 1. The number of hydrogen-bond donors (Lipinski definition) is 3. The zero-order valence-corrected chi connectivity index (χ0v) is 24.5. The van der Waals surface area contributed by atoms with Gasteiger partial charge in [-0.1, -0.05) is 17.3 Å². The molecule has 0 bridgehead atoms. The molecule has 0 aliphatic carbocycles. The average Bonchev–Trinajstić information content (AvgIpc) is 3.24. The fraction of sp³-hybridized carbons (Fsp3) is 0.233. The second-order valence-corrected chi connectivity index (χ2v) is 9.94. The van der Waals surface area contributed by atoms with Crippen molar-refractivity contribution in [3.8, 4) is 11.5 Å². The Morgan fingerprint density at radius 2 is 1.59 bits per heavy atom. The van der Waals surface area contributed by atoms with Crippen molar-refractivity contribution in [3.63, 3.8) is 0 Å². The van der Waals surface area contributed by atoms with E-state index in [4.69, 9.17) is 20.6 Å². The normalized spacial score (nSPS) is 13.3. The Labute approximate surface area is 259 Å². The van der Waals surface area contributed by atoms with Gasteiger partial charge in [0.15, 0.2) is 11.5 Å². The van der Waals surface area contributed by atoms with Crippen molar-refractivity contribution in [3.05, 3.63) is 88.7 Å². The summed E-state index contributed by atoms with van der Waals surface area (Å²) in [6, 6.07) is 10.3. The monoisotopic (exact) mass is 645 g/mol. The molecule has 0 fully saturated rings. The highest BCUT2D eigenvalue weighted by Crippen LogP contribution is 2.37. The number of ether oxygens (including phenoxy) is 2. The number of nitrogens with zero attached hydrogens (tertiary/aromatic N) is 2. The van der Waals surface area contributed by atoms with E-state index in [1.54, 1.807) is 20.8 Å². The Morgan fingerprint density at radius 3 is 2.09 bits per heavy atom. The van der Waals surface area contributed by atoms with Crippen LogP contribution in [0.15, 0.2) is 60.7 Å². The van der Waals surface area contributed by atoms with Crippen molar-refractivity contribution >= 4 is 35.2 Å². The Balaban J connectivity index is 1.89. The van der Waals surface area contributed by atoms with Crippen LogP contribution in [-0.4, -0.2) is 58.6 Å². The summed E-state index contributed by atoms with van der Waals surface area (Å²) >= 11 is 0. The van der Waals surface area contributed by atoms with E-state index >= 15 is 4.39 Å². The molecule has 4 rings (SSSR count). The van der Waals surface area contributed by atoms with E-state index in [-0.39, 0.29) is 51.3 Å². The molecule has 3 amide bonds. The zero-order valence-electron chi connectivity index (χ0n) is 24.5. The molecular formula is C30H27F4N5O7. The summed E-state index contributed by atoms with van der Waals surface area (Å²) in [5, 5.41) is 9.69. The molecule has 0 saturated heterocycles. The van der Waals surface area contributed by atoms with E-state index < -0.39 is 58.6 Å². The van der Waals surface area contributed by atoms with Crippen LogP contribution < -0.4 is 20.5 Å². The number of rotatable bonds is 10. The van der Waals surface area contributed by atoms with E-state index in [0.717, 1.165) is 12.1 Å². The number of imide groups is 1. The number of benzene rings is 3. The second kappa shape index (κ2) is 13.1. The van der Waals surface area contributed by atoms with Gasteiger partial charge in [-0.25, -0.2) is 9.18 Å². The van der Waals surface area contributed by atoms with E-state index in [9.17, 15) is 32.3 Å². The second-order valence-electron chi connectivity index (χ2n) is 9.94. The summed E-state index contributed by atoms with van der Waals surface area (Å²) in [5.74, 6) is -8.73. The summed E-state index contributed by atoms with van der Waals surface area (Å²) in [6.45, 7) is 4.99. The standard InChI is InChI=1S/C30H27F4N5O7/c1-4-44-22-13-20(21(31)14-23(22)45-15(2)3)24(37-17-11-9-16(10-12-17)25(35)36)28(42)39(46-29(43)30(32,33)34)38-26(40)18-7-5-6-8-19(18)27(38)41/h5-15,24,37H,4H2,1-3H3,(H3,35,36). The zero-order chi connectivity index (χ0) is 33.9. The molecule has 46 heavy (non-hydrogen) atoms. The van der Waals surface area contributed by atoms with Gasteiger partial charge < -0.3 is 25.4 Å². The van der Waals surface area contributed by atoms with Gasteiger partial charge in [0.25, 0.3) is 11.8 Å². The van der Waals surface area contributed by atoms with Gasteiger partial charge in [0.2, 0.25) is 0 Å². The van der Waals surface area contributed by atoms with Crippen molar-refractivity contribution in [2.45, 2.75) is 39.1 Å². The first-order valence-electron chi connectivity index (χ1n) is 13.6. The fourth-order valence-electron chi connectivity index (χ4n) is 4.34. The summed E-state index contributed by atoms with van der Waals surface area (Å²) < 4.78 is 67.2. The molecule has 16 heteroatoms. The number of carbonyl (C=O) groups excluding carboxylic acids is 4. The van der Waals surface area contributed by atoms with Gasteiger partial charge in [-0.2, -0.15) is 13.2 Å². The van der Waals surface area contributed by atoms with Gasteiger partial charge in [-0.3, -0.25) is 19.8 Å². The number of nitrogens with two attached hydrogens (primary N) is 1. The number of fused-ring (bicyclic) bond motifs is 1. The number of hydrazine groups is 1. The SMILES string of the molecule is CCOc1cc(C(Nc2ccc(C(=N)N)cc2)C(=O)N(OC(=O)C(F)(F)F)N2C(=O)c3ccccc3C2=O)c(F)cc1OC(C)C. The van der Waals surface area contributed by atoms with E-state index in [1.165, 1.54) is 48.5 Å². The molecule has 3 aromatic rings. The molecule has 1 atom stereocenters. The Bertz CT molecular complexity index is 1660. The van der Waals surface area contributed by atoms with E-state index in [1.807, 2.05) is 0 Å². The summed E-state index contributed by atoms with van der Waals surface area (Å²) in [6.07, 6.45) is -6.11. The van der Waals surface area contributed by atoms with E-state index in [0.29, 0.717) is 0 Å². The average molecular weight is 646 g/mol. The van der Waals surface area contributed by atoms with Crippen LogP contribution in [0.1, 0.15) is 58.7 Å². The lowest BCUT2D eigenvalue weighted by Crippen LogP contribution is -2.54. The molecule has 0 spiro atoms. The molecule has 12 nitrogen and oxygen atoms in total. The number of carbonyl (C=O) groups is 4. The lowest BCUT2D eigenvalue weighted by atomic mass is 10.0. The molecular weight excluding hydrogens is 618 g/mol. The third-order valence-corrected chi connectivity index (χ3v) is 6.33. The van der Waals surface area contributed by atoms with E-state index in [2.05, 4.69) is 10.2 Å². The van der Waals surface area contributed by atoms with Gasteiger partial charge in [0.1, 0.15) is 17.7 Å². The van der Waals surface area contributed by atoms with Crippen LogP contribution in [0, 0.1) is 11.2 Å². The Morgan fingerprint density at radius 1 is 1.00 bits per heavy atom. The molecule has 0 aromatic heterocycles. The number of halogens is 4. The van der Waals surface area contributed by atoms with Gasteiger partial charge in [0.05, 0.1) is 23.8 Å². The maximum Gasteiger partial charge on any atom is 0.493 e. The predicted octanol–water partition coefficient (Wildman–Crippen LogP) is 4.51. The Hall–Kier alpha value is -5.67. The molecule has 0 radical (unpaired) electrons. The molecule has 1 aliphatic rings. The van der Waals surface area contributed by atoms with Gasteiger partial charge in [-0.05, 0) is 63.2 Å². The largest absolute Gasteiger partial charge is 0.493 e. The molecule has 1 unspecified atom stereocenters. The van der Waals surface area contributed by atoms with Gasteiger partial charge in [-0.15, -0.1) is 5.01 Å². The highest BCUT2D eigenvalue weighted by molar-refractivity contribution is 6.21. The first-order valence-corrected chi connectivity index (χ1v) is 13.6. The van der Waals surface area contributed by atoms with Crippen LogP contribution >= 0.6 is 0 Å². The number of amidine groups is 1. The number of anilines is 1. The van der Waals surface area contributed by atoms with Crippen LogP contribution in [0.3, 0.4) is 0 Å². The van der Waals surface area contributed by atoms with Crippen molar-refractivity contribution in [2.24, 2.45) is 5.73 Å². The minimum atomic E-state index is -5.67. The smallest absolute Gasteiger partial charge is 0.490 e. The summed E-state index contributed by atoms with van der Waals surface area (Å²) in [5.41, 5.74) is 4.66. The molecule has 3 aromatic carbocycles. The van der Waals surface area contributed by atoms with Crippen LogP contribution in [0.4, 0.5) is 23.2 Å². The lowest BCUT2D eigenvalue weighted by molar-refractivity contribution is -0.263. The summed E-state index contributed by atoms with van der Waals surface area (Å²) in [7, 11) is 0. The predicted molar refractivity (Wildman–Crippen MR) is 153 cm³/mol. The molecule has 242 valence electrons. The first-order chi connectivity index (χ1) is 21.6. The van der Waals surface area contributed by atoms with Crippen molar-refractivity contribution < 1.29 is 51.1 Å². The number of nitrogens with one attached hydrogen (secondary N) is 2. The van der Waals surface area contributed by atoms with Crippen LogP contribution in [0.2, 0.25) is 0 Å². The third kappa shape index (κ3) is 6.85. The molecule has 0 saturated carbocycles. The molecule has 1 aliphatic heterocycles.